The van der Waals surface area contributed by atoms with E-state index >= 15 is 0 Å². The van der Waals surface area contributed by atoms with Crippen molar-refractivity contribution in [1.29, 1.82) is 0 Å². The molecule has 2 aromatic heterocycles. The van der Waals surface area contributed by atoms with Crippen LogP contribution in [0.1, 0.15) is 11.1 Å². The molecule has 0 spiro atoms. The van der Waals surface area contributed by atoms with Crippen molar-refractivity contribution in [3.05, 3.63) is 109 Å². The zero-order valence-corrected chi connectivity index (χ0v) is 19.6. The summed E-state index contributed by atoms with van der Waals surface area (Å²) in [5, 5.41) is 0. The summed E-state index contributed by atoms with van der Waals surface area (Å²) in [6.07, 6.45) is 6.41. The molecular formula is C24H22N4O4S2. The summed E-state index contributed by atoms with van der Waals surface area (Å²) in [4.78, 5) is 8.11. The molecule has 4 aromatic rings. The Morgan fingerprint density at radius 1 is 0.500 bits per heavy atom. The minimum absolute atomic E-state index is 0.143. The molecule has 0 aliphatic heterocycles. The maximum absolute atomic E-state index is 12.6. The van der Waals surface area contributed by atoms with Crippen LogP contribution in [0.3, 0.4) is 0 Å². The van der Waals surface area contributed by atoms with Crippen LogP contribution >= 0.6 is 0 Å². The molecule has 0 aliphatic carbocycles. The second-order valence-electron chi connectivity index (χ2n) is 7.41. The van der Waals surface area contributed by atoms with Crippen molar-refractivity contribution < 1.29 is 16.8 Å². The van der Waals surface area contributed by atoms with E-state index in [1.54, 1.807) is 73.3 Å². The molecule has 0 unspecified atom stereocenters. The van der Waals surface area contributed by atoms with E-state index < -0.39 is 20.0 Å². The van der Waals surface area contributed by atoms with Gasteiger partial charge in [0.25, 0.3) is 0 Å². The first-order valence-corrected chi connectivity index (χ1v) is 13.3. The van der Waals surface area contributed by atoms with E-state index in [0.29, 0.717) is 0 Å². The van der Waals surface area contributed by atoms with Crippen molar-refractivity contribution in [2.75, 3.05) is 0 Å². The predicted molar refractivity (Wildman–Crippen MR) is 128 cm³/mol. The standard InChI is InChI=1S/C24H22N4O4S2/c29-33(30,27-17-19-9-13-25-14-10-19)23-5-1-21(2-6-23)22-3-7-24(8-4-22)34(31,32)28-18-20-11-15-26-16-12-20/h1-16,27-28H,17-18H2. The van der Waals surface area contributed by atoms with Crippen LogP contribution in [0, 0.1) is 0 Å². The van der Waals surface area contributed by atoms with E-state index in [1.165, 1.54) is 24.3 Å². The molecule has 4 rings (SSSR count). The third-order valence-electron chi connectivity index (χ3n) is 5.09. The predicted octanol–water partition coefficient (Wildman–Crippen LogP) is 3.10. The second kappa shape index (κ2) is 10.2. The normalized spacial score (nSPS) is 11.9. The van der Waals surface area contributed by atoms with Crippen LogP contribution in [0.25, 0.3) is 11.1 Å². The molecule has 174 valence electrons. The maximum atomic E-state index is 12.6. The number of nitrogens with one attached hydrogen (secondary N) is 2. The number of pyridine rings is 2. The van der Waals surface area contributed by atoms with Crippen molar-refractivity contribution in [3.8, 4) is 11.1 Å². The number of aromatic nitrogens is 2. The van der Waals surface area contributed by atoms with Crippen molar-refractivity contribution >= 4 is 20.0 Å². The van der Waals surface area contributed by atoms with Gasteiger partial charge in [-0.25, -0.2) is 26.3 Å². The highest BCUT2D eigenvalue weighted by Gasteiger charge is 2.15. The molecule has 0 bridgehead atoms. The van der Waals surface area contributed by atoms with E-state index in [1.807, 2.05) is 0 Å². The summed E-state index contributed by atoms with van der Waals surface area (Å²) in [5.74, 6) is 0. The Bertz CT molecular complexity index is 1330. The van der Waals surface area contributed by atoms with Gasteiger partial charge in [-0.05, 0) is 70.8 Å². The molecule has 0 atom stereocenters. The molecule has 8 nitrogen and oxygen atoms in total. The average Bonchev–Trinajstić information content (AvgIpc) is 2.88. The van der Waals surface area contributed by atoms with Crippen LogP contribution < -0.4 is 9.44 Å². The van der Waals surface area contributed by atoms with Gasteiger partial charge in [0, 0.05) is 37.9 Å². The smallest absolute Gasteiger partial charge is 0.240 e. The zero-order valence-electron chi connectivity index (χ0n) is 18.0. The molecule has 10 heteroatoms. The van der Waals surface area contributed by atoms with Crippen LogP contribution in [0.4, 0.5) is 0 Å². The van der Waals surface area contributed by atoms with Crippen molar-refractivity contribution in [2.45, 2.75) is 22.9 Å². The van der Waals surface area contributed by atoms with Gasteiger partial charge in [0.2, 0.25) is 20.0 Å². The van der Waals surface area contributed by atoms with Gasteiger partial charge < -0.3 is 0 Å². The lowest BCUT2D eigenvalue weighted by molar-refractivity contribution is 0.579. The Morgan fingerprint density at radius 3 is 1.15 bits per heavy atom. The maximum Gasteiger partial charge on any atom is 0.240 e. The third-order valence-corrected chi connectivity index (χ3v) is 7.93. The lowest BCUT2D eigenvalue weighted by atomic mass is 10.1. The van der Waals surface area contributed by atoms with Crippen molar-refractivity contribution in [2.24, 2.45) is 0 Å². The fourth-order valence-corrected chi connectivity index (χ4v) is 5.21. The van der Waals surface area contributed by atoms with E-state index in [-0.39, 0.29) is 22.9 Å². The largest absolute Gasteiger partial charge is 0.265 e. The minimum Gasteiger partial charge on any atom is -0.265 e. The third kappa shape index (κ3) is 5.91. The lowest BCUT2D eigenvalue weighted by Gasteiger charge is -2.09. The highest BCUT2D eigenvalue weighted by Crippen LogP contribution is 2.23. The van der Waals surface area contributed by atoms with Crippen LogP contribution in [0.5, 0.6) is 0 Å². The number of sulfonamides is 2. The molecule has 0 aliphatic rings. The Kier molecular flexibility index (Phi) is 7.13. The molecule has 0 radical (unpaired) electrons. The molecule has 2 N–H and O–H groups in total. The Hall–Kier alpha value is -3.44. The number of benzene rings is 2. The molecule has 2 aromatic carbocycles. The summed E-state index contributed by atoms with van der Waals surface area (Å²) < 4.78 is 55.4. The topological polar surface area (TPSA) is 118 Å². The van der Waals surface area contributed by atoms with Crippen LogP contribution in [0.15, 0.2) is 107 Å². The first kappa shape index (κ1) is 23.7. The van der Waals surface area contributed by atoms with Crippen LogP contribution in [0.2, 0.25) is 0 Å². The van der Waals surface area contributed by atoms with Gasteiger partial charge in [0.1, 0.15) is 0 Å². The number of hydrogen-bond acceptors (Lipinski definition) is 6. The molecule has 34 heavy (non-hydrogen) atoms. The molecule has 0 saturated carbocycles. The second-order valence-corrected chi connectivity index (χ2v) is 10.9. The summed E-state index contributed by atoms with van der Waals surface area (Å²) in [5.41, 5.74) is 3.14. The van der Waals surface area contributed by atoms with E-state index in [0.717, 1.165) is 22.3 Å². The highest BCUT2D eigenvalue weighted by atomic mass is 32.2. The van der Waals surface area contributed by atoms with Crippen LogP contribution in [-0.4, -0.2) is 26.8 Å². The minimum atomic E-state index is -3.67. The molecule has 2 heterocycles. The fourth-order valence-electron chi connectivity index (χ4n) is 3.18. The number of nitrogens with zero attached hydrogens (tertiary/aromatic N) is 2. The van der Waals surface area contributed by atoms with Gasteiger partial charge >= 0.3 is 0 Å². The van der Waals surface area contributed by atoms with Crippen molar-refractivity contribution in [1.82, 2.24) is 19.4 Å². The van der Waals surface area contributed by atoms with Crippen molar-refractivity contribution in [3.63, 3.8) is 0 Å². The van der Waals surface area contributed by atoms with Gasteiger partial charge in [0.15, 0.2) is 0 Å². The van der Waals surface area contributed by atoms with Crippen LogP contribution in [-0.2, 0) is 33.1 Å². The highest BCUT2D eigenvalue weighted by molar-refractivity contribution is 7.89. The summed E-state index contributed by atoms with van der Waals surface area (Å²) >= 11 is 0. The molecule has 0 saturated heterocycles. The lowest BCUT2D eigenvalue weighted by Crippen LogP contribution is -2.23. The van der Waals surface area contributed by atoms with Gasteiger partial charge in [-0.1, -0.05) is 24.3 Å². The molecule has 0 fully saturated rings. The SMILES string of the molecule is O=S(=O)(NCc1ccncc1)c1ccc(-c2ccc(S(=O)(=O)NCc3ccncc3)cc2)cc1. The molecule has 0 amide bonds. The number of hydrogen-bond donors (Lipinski definition) is 2. The first-order chi connectivity index (χ1) is 16.3. The summed E-state index contributed by atoms with van der Waals surface area (Å²) in [6, 6.07) is 19.8. The fraction of sp³-hybridized carbons (Fsp3) is 0.0833. The summed E-state index contributed by atoms with van der Waals surface area (Å²) in [7, 11) is -7.35. The quantitative estimate of drug-likeness (QED) is 0.369. The Balaban J connectivity index is 1.42. The van der Waals surface area contributed by atoms with Gasteiger partial charge in [0.05, 0.1) is 9.79 Å². The first-order valence-electron chi connectivity index (χ1n) is 10.3. The monoisotopic (exact) mass is 494 g/mol. The Labute approximate surface area is 198 Å². The average molecular weight is 495 g/mol. The van der Waals surface area contributed by atoms with Gasteiger partial charge in [-0.2, -0.15) is 0 Å². The van der Waals surface area contributed by atoms with Gasteiger partial charge in [-0.3, -0.25) is 9.97 Å². The zero-order chi connectivity index (χ0) is 24.0. The van der Waals surface area contributed by atoms with E-state index in [4.69, 9.17) is 0 Å². The molecular weight excluding hydrogens is 472 g/mol. The van der Waals surface area contributed by atoms with E-state index in [9.17, 15) is 16.8 Å². The van der Waals surface area contributed by atoms with Gasteiger partial charge in [-0.15, -0.1) is 0 Å². The van der Waals surface area contributed by atoms with E-state index in [2.05, 4.69) is 19.4 Å². The number of rotatable bonds is 9. The Morgan fingerprint density at radius 2 is 0.824 bits per heavy atom. The summed E-state index contributed by atoms with van der Waals surface area (Å²) in [6.45, 7) is 0.329.